The number of nitrogens with one attached hydrogen (secondary N) is 1. The lowest BCUT2D eigenvalue weighted by atomic mass is 10.1. The van der Waals surface area contributed by atoms with Crippen molar-refractivity contribution >= 4 is 33.8 Å². The molecule has 1 amide bonds. The highest BCUT2D eigenvalue weighted by molar-refractivity contribution is 7.19. The van der Waals surface area contributed by atoms with E-state index in [0.29, 0.717) is 11.6 Å². The fraction of sp³-hybridized carbons (Fsp3) is 0.435. The molecule has 8 nitrogen and oxygen atoms in total. The second-order valence-corrected chi connectivity index (χ2v) is 10.0. The molecule has 11 heteroatoms. The van der Waals surface area contributed by atoms with Gasteiger partial charge in [0.25, 0.3) is 5.91 Å². The molecule has 1 aliphatic heterocycles. The third-order valence-corrected chi connectivity index (χ3v) is 7.21. The molecule has 1 atom stereocenters. The molecule has 1 saturated heterocycles. The summed E-state index contributed by atoms with van der Waals surface area (Å²) in [6.07, 6.45) is 6.80. The lowest BCUT2D eigenvalue weighted by Gasteiger charge is -2.25. The van der Waals surface area contributed by atoms with Gasteiger partial charge in [-0.1, -0.05) is 11.3 Å². The standard InChI is InChI=1S/C23H27F2N7OS/c24-14-5-6-17(25)16(10-14)22-30-19(20(27)34-22)21(33)29-18-11-28-32(12-13-3-4-13)23(18)31-8-1-2-15(26)7-9-31/h5-6,10-11,13,15H,1-4,7-9,12,26-27H2,(H,29,33). The minimum atomic E-state index is -0.634. The molecular weight excluding hydrogens is 460 g/mol. The Morgan fingerprint density at radius 2 is 2.03 bits per heavy atom. The summed E-state index contributed by atoms with van der Waals surface area (Å²) in [6.45, 7) is 2.41. The van der Waals surface area contributed by atoms with Crippen LogP contribution in [0.15, 0.2) is 24.4 Å². The minimum absolute atomic E-state index is 0.0255. The van der Waals surface area contributed by atoms with Crippen LogP contribution in [-0.2, 0) is 6.54 Å². The molecule has 1 saturated carbocycles. The van der Waals surface area contributed by atoms with Gasteiger partial charge in [-0.3, -0.25) is 4.79 Å². The zero-order chi connectivity index (χ0) is 23.8. The molecule has 1 unspecified atom stereocenters. The monoisotopic (exact) mass is 487 g/mol. The molecule has 0 spiro atoms. The highest BCUT2D eigenvalue weighted by Gasteiger charge is 2.28. The SMILES string of the molecule is Nc1sc(-c2cc(F)ccc2F)nc1C(=O)Nc1cnn(CC2CC2)c1N1CCCC(N)CC1. The first-order valence-corrected chi connectivity index (χ1v) is 12.3. The van der Waals surface area contributed by atoms with Gasteiger partial charge in [0.2, 0.25) is 0 Å². The molecular formula is C23H27F2N7OS. The molecule has 1 aromatic carbocycles. The van der Waals surface area contributed by atoms with Crippen molar-refractivity contribution in [2.45, 2.75) is 44.7 Å². The van der Waals surface area contributed by atoms with Gasteiger partial charge in [-0.2, -0.15) is 5.10 Å². The predicted molar refractivity (Wildman–Crippen MR) is 129 cm³/mol. The number of nitrogens with zero attached hydrogens (tertiary/aromatic N) is 4. The van der Waals surface area contributed by atoms with E-state index in [0.717, 1.165) is 74.3 Å². The van der Waals surface area contributed by atoms with Gasteiger partial charge in [-0.15, -0.1) is 0 Å². The molecule has 2 fully saturated rings. The van der Waals surface area contributed by atoms with Crippen LogP contribution in [0.2, 0.25) is 0 Å². The summed E-state index contributed by atoms with van der Waals surface area (Å²) in [5, 5.41) is 7.73. The number of rotatable bonds is 6. The van der Waals surface area contributed by atoms with Crippen molar-refractivity contribution in [2.75, 3.05) is 29.0 Å². The molecule has 3 aromatic rings. The van der Waals surface area contributed by atoms with Crippen molar-refractivity contribution in [3.05, 3.63) is 41.7 Å². The Morgan fingerprint density at radius 1 is 1.21 bits per heavy atom. The lowest BCUT2D eigenvalue weighted by molar-refractivity contribution is 0.102. The maximum absolute atomic E-state index is 14.2. The van der Waals surface area contributed by atoms with Gasteiger partial charge >= 0.3 is 0 Å². The summed E-state index contributed by atoms with van der Waals surface area (Å²) in [5.74, 6) is -0.282. The number of carbonyl (C=O) groups is 1. The van der Waals surface area contributed by atoms with Crippen LogP contribution in [0.4, 0.5) is 25.3 Å². The second kappa shape index (κ2) is 9.30. The Bertz CT molecular complexity index is 1210. The molecule has 0 bridgehead atoms. The van der Waals surface area contributed by atoms with Crippen LogP contribution < -0.4 is 21.7 Å². The Labute approximate surface area is 199 Å². The normalized spacial score (nSPS) is 18.7. The number of anilines is 3. The molecule has 2 aliphatic rings. The Balaban J connectivity index is 1.42. The van der Waals surface area contributed by atoms with Gasteiger partial charge < -0.3 is 21.7 Å². The fourth-order valence-corrected chi connectivity index (χ4v) is 5.11. The number of hydrogen-bond donors (Lipinski definition) is 3. The molecule has 5 rings (SSSR count). The number of nitrogens with two attached hydrogens (primary N) is 2. The molecule has 5 N–H and O–H groups in total. The fourth-order valence-electron chi connectivity index (χ4n) is 4.27. The summed E-state index contributed by atoms with van der Waals surface area (Å²) < 4.78 is 29.8. The van der Waals surface area contributed by atoms with Crippen molar-refractivity contribution in [3.63, 3.8) is 0 Å². The van der Waals surface area contributed by atoms with E-state index >= 15 is 0 Å². The average molecular weight is 488 g/mol. The van der Waals surface area contributed by atoms with Crippen LogP contribution in [0.3, 0.4) is 0 Å². The van der Waals surface area contributed by atoms with Gasteiger partial charge in [-0.25, -0.2) is 18.4 Å². The van der Waals surface area contributed by atoms with E-state index in [1.54, 1.807) is 6.20 Å². The summed E-state index contributed by atoms with van der Waals surface area (Å²) >= 11 is 0.940. The zero-order valence-electron chi connectivity index (χ0n) is 18.6. The predicted octanol–water partition coefficient (Wildman–Crippen LogP) is 3.85. The number of hydrogen-bond acceptors (Lipinski definition) is 7. The van der Waals surface area contributed by atoms with E-state index in [4.69, 9.17) is 11.5 Å². The van der Waals surface area contributed by atoms with E-state index < -0.39 is 17.5 Å². The van der Waals surface area contributed by atoms with Gasteiger partial charge in [-0.05, 0) is 56.2 Å². The van der Waals surface area contributed by atoms with Crippen molar-refractivity contribution in [2.24, 2.45) is 11.7 Å². The molecule has 34 heavy (non-hydrogen) atoms. The van der Waals surface area contributed by atoms with Crippen molar-refractivity contribution in [1.82, 2.24) is 14.8 Å². The van der Waals surface area contributed by atoms with E-state index in [2.05, 4.69) is 20.3 Å². The maximum Gasteiger partial charge on any atom is 0.277 e. The summed E-state index contributed by atoms with van der Waals surface area (Å²) in [5.41, 5.74) is 12.7. The average Bonchev–Trinajstić information content (AvgIpc) is 3.48. The smallest absolute Gasteiger partial charge is 0.277 e. The molecule has 2 aromatic heterocycles. The third-order valence-electron chi connectivity index (χ3n) is 6.29. The van der Waals surface area contributed by atoms with Crippen molar-refractivity contribution in [3.8, 4) is 10.6 Å². The Kier molecular flexibility index (Phi) is 6.22. The first-order valence-electron chi connectivity index (χ1n) is 11.5. The van der Waals surface area contributed by atoms with Gasteiger partial charge in [0.05, 0.1) is 6.20 Å². The van der Waals surface area contributed by atoms with Gasteiger partial charge in [0.1, 0.15) is 27.3 Å². The van der Waals surface area contributed by atoms with Crippen molar-refractivity contribution < 1.29 is 13.6 Å². The van der Waals surface area contributed by atoms with Crippen LogP contribution in [0.5, 0.6) is 0 Å². The van der Waals surface area contributed by atoms with Crippen molar-refractivity contribution in [1.29, 1.82) is 0 Å². The zero-order valence-corrected chi connectivity index (χ0v) is 19.5. The van der Waals surface area contributed by atoms with Crippen LogP contribution >= 0.6 is 11.3 Å². The number of halogens is 2. The van der Waals surface area contributed by atoms with Crippen LogP contribution in [0, 0.1) is 17.6 Å². The van der Waals surface area contributed by atoms with Gasteiger partial charge in [0.15, 0.2) is 11.5 Å². The Morgan fingerprint density at radius 3 is 2.82 bits per heavy atom. The minimum Gasteiger partial charge on any atom is -0.389 e. The maximum atomic E-state index is 14.2. The lowest BCUT2D eigenvalue weighted by Crippen LogP contribution is -2.30. The first-order chi connectivity index (χ1) is 16.4. The third kappa shape index (κ3) is 4.76. The largest absolute Gasteiger partial charge is 0.389 e. The Hall–Kier alpha value is -3.05. The quantitative estimate of drug-likeness (QED) is 0.487. The van der Waals surface area contributed by atoms with E-state index in [1.807, 2.05) is 4.68 Å². The number of thiazole rings is 1. The van der Waals surface area contributed by atoms with E-state index in [1.165, 1.54) is 12.8 Å². The second-order valence-electron chi connectivity index (χ2n) is 9.00. The molecule has 3 heterocycles. The number of carbonyl (C=O) groups excluding carboxylic acids is 1. The summed E-state index contributed by atoms with van der Waals surface area (Å²) in [6, 6.07) is 3.26. The van der Waals surface area contributed by atoms with E-state index in [-0.39, 0.29) is 27.3 Å². The van der Waals surface area contributed by atoms with Gasteiger partial charge in [0, 0.05) is 31.2 Å². The topological polar surface area (TPSA) is 115 Å². The number of benzene rings is 1. The number of amides is 1. The highest BCUT2D eigenvalue weighted by atomic mass is 32.1. The molecule has 0 radical (unpaired) electrons. The van der Waals surface area contributed by atoms with Crippen LogP contribution in [-0.4, -0.2) is 39.8 Å². The van der Waals surface area contributed by atoms with Crippen LogP contribution in [0.25, 0.3) is 10.6 Å². The number of aromatic nitrogens is 3. The first kappa shape index (κ1) is 22.7. The summed E-state index contributed by atoms with van der Waals surface area (Å²) in [4.78, 5) is 19.6. The molecule has 1 aliphatic carbocycles. The molecule has 180 valence electrons. The van der Waals surface area contributed by atoms with E-state index in [9.17, 15) is 13.6 Å². The summed E-state index contributed by atoms with van der Waals surface area (Å²) in [7, 11) is 0. The van der Waals surface area contributed by atoms with Crippen LogP contribution in [0.1, 0.15) is 42.6 Å². The number of nitrogen functional groups attached to an aromatic ring is 1. The highest BCUT2D eigenvalue weighted by Crippen LogP contribution is 2.36.